The predicted molar refractivity (Wildman–Crippen MR) is 168 cm³/mol. The van der Waals surface area contributed by atoms with Crippen LogP contribution in [0.4, 0.5) is 5.82 Å². The van der Waals surface area contributed by atoms with E-state index in [2.05, 4.69) is 36.1 Å². The van der Waals surface area contributed by atoms with E-state index in [4.69, 9.17) is 41.7 Å². The minimum atomic E-state index is -1.91. The molecule has 0 bridgehead atoms. The van der Waals surface area contributed by atoms with Gasteiger partial charge >= 0.3 is 0 Å². The van der Waals surface area contributed by atoms with Crippen molar-refractivity contribution in [1.29, 1.82) is 0 Å². The second-order valence-electron chi connectivity index (χ2n) is 10.5. The fraction of sp³-hybridized carbons (Fsp3) is 0.750. The number of terminal acetylenes is 1. The van der Waals surface area contributed by atoms with E-state index in [1.54, 1.807) is 10.9 Å². The van der Waals surface area contributed by atoms with Crippen LogP contribution in [0, 0.1) is 12.3 Å². The third kappa shape index (κ3) is 11.9. The van der Waals surface area contributed by atoms with Gasteiger partial charge < -0.3 is 38.8 Å². The topological polar surface area (TPSA) is 149 Å². The van der Waals surface area contributed by atoms with Crippen LogP contribution >= 0.6 is 20.0 Å². The average molecular weight is 658 g/mol. The van der Waals surface area contributed by atoms with E-state index in [1.807, 2.05) is 0 Å². The number of nitrogens with zero attached hydrogens (tertiary/aromatic N) is 6. The first-order chi connectivity index (χ1) is 21.5. The van der Waals surface area contributed by atoms with Gasteiger partial charge in [-0.25, -0.2) is 4.68 Å². The Balaban J connectivity index is 1.07. The molecule has 2 aliphatic rings. The highest BCUT2D eigenvalue weighted by molar-refractivity contribution is 7.45. The monoisotopic (exact) mass is 657 g/mol. The van der Waals surface area contributed by atoms with Crippen molar-refractivity contribution >= 4 is 36.8 Å². The van der Waals surface area contributed by atoms with Crippen LogP contribution in [0.3, 0.4) is 0 Å². The molecular formula is C28H45ClN7O7P. The molecule has 2 aliphatic heterocycles. The van der Waals surface area contributed by atoms with Crippen molar-refractivity contribution in [3.8, 4) is 12.3 Å². The SMILES string of the molecule is C#CCOCCOCCOCCOCCN1CCN(CCNc2nc(Cl)nc3c2cnn3C2CCC(CCP(O)O)O2)CC1. The molecule has 14 nitrogen and oxygen atoms in total. The normalized spacial score (nSPS) is 19.7. The van der Waals surface area contributed by atoms with Crippen LogP contribution in [0.25, 0.3) is 11.0 Å². The second-order valence-corrected chi connectivity index (χ2v) is 12.1. The predicted octanol–water partition coefficient (Wildman–Crippen LogP) is 1.57. The number of hydrogen-bond acceptors (Lipinski definition) is 13. The number of halogens is 1. The van der Waals surface area contributed by atoms with Crippen LogP contribution in [0.15, 0.2) is 6.20 Å². The van der Waals surface area contributed by atoms with E-state index in [9.17, 15) is 9.79 Å². The standard InChI is InChI=1S/C28H45ClN7O7P/c1-2-13-39-15-17-41-19-20-42-18-16-40-14-12-35-10-8-34(9-11-35)7-6-30-26-24-22-31-36(27(24)33-28(29)32-26)25-4-3-23(43-25)5-21-44(37)38/h1,22-23,25,37-38H,3-21H2,(H,30,32,33). The summed E-state index contributed by atoms with van der Waals surface area (Å²) in [5, 5.41) is 8.90. The van der Waals surface area contributed by atoms with Crippen molar-refractivity contribution in [2.45, 2.75) is 31.6 Å². The number of piperazine rings is 1. The summed E-state index contributed by atoms with van der Waals surface area (Å²) in [6, 6.07) is 0. The molecule has 0 saturated carbocycles. The Morgan fingerprint density at radius 2 is 1.61 bits per heavy atom. The molecule has 2 aromatic rings. The lowest BCUT2D eigenvalue weighted by molar-refractivity contribution is -0.00391. The second kappa shape index (κ2) is 19.7. The van der Waals surface area contributed by atoms with Gasteiger partial charge in [0.05, 0.1) is 63.9 Å². The first-order valence-corrected chi connectivity index (χ1v) is 17.0. The van der Waals surface area contributed by atoms with Gasteiger partial charge in [-0.2, -0.15) is 15.1 Å². The van der Waals surface area contributed by atoms with E-state index in [-0.39, 0.29) is 17.6 Å². The lowest BCUT2D eigenvalue weighted by Gasteiger charge is -2.34. The highest BCUT2D eigenvalue weighted by Gasteiger charge is 2.29. The molecule has 44 heavy (non-hydrogen) atoms. The molecular weight excluding hydrogens is 613 g/mol. The Labute approximate surface area is 265 Å². The smallest absolute Gasteiger partial charge is 0.226 e. The van der Waals surface area contributed by atoms with Crippen LogP contribution in [0.1, 0.15) is 25.5 Å². The van der Waals surface area contributed by atoms with Gasteiger partial charge in [0.1, 0.15) is 12.4 Å². The van der Waals surface area contributed by atoms with Gasteiger partial charge in [-0.3, -0.25) is 9.80 Å². The molecule has 0 amide bonds. The minimum Gasteiger partial charge on any atom is -0.378 e. The van der Waals surface area contributed by atoms with E-state index in [0.29, 0.717) is 83.4 Å². The van der Waals surface area contributed by atoms with Gasteiger partial charge in [-0.15, -0.1) is 6.42 Å². The van der Waals surface area contributed by atoms with Crippen molar-refractivity contribution in [2.75, 3.05) is 110 Å². The summed E-state index contributed by atoms with van der Waals surface area (Å²) in [5.74, 6) is 3.07. The summed E-state index contributed by atoms with van der Waals surface area (Å²) in [4.78, 5) is 32.1. The van der Waals surface area contributed by atoms with Crippen molar-refractivity contribution < 1.29 is 33.5 Å². The van der Waals surface area contributed by atoms with Gasteiger partial charge in [0.15, 0.2) is 20.3 Å². The molecule has 2 aromatic heterocycles. The Morgan fingerprint density at radius 1 is 0.955 bits per heavy atom. The number of fused-ring (bicyclic) bond motifs is 1. The van der Waals surface area contributed by atoms with Crippen molar-refractivity contribution in [3.05, 3.63) is 11.5 Å². The average Bonchev–Trinajstić information content (AvgIpc) is 3.66. The van der Waals surface area contributed by atoms with E-state index < -0.39 is 8.38 Å². The zero-order valence-electron chi connectivity index (χ0n) is 25.2. The Kier molecular flexibility index (Phi) is 15.7. The minimum absolute atomic E-state index is 0.0285. The van der Waals surface area contributed by atoms with Gasteiger partial charge in [0.2, 0.25) is 5.28 Å². The Morgan fingerprint density at radius 3 is 2.30 bits per heavy atom. The molecule has 2 saturated heterocycles. The molecule has 4 heterocycles. The zero-order chi connectivity index (χ0) is 31.0. The van der Waals surface area contributed by atoms with Crippen LogP contribution in [-0.4, -0.2) is 150 Å². The summed E-state index contributed by atoms with van der Waals surface area (Å²) in [6.07, 6.45) is 9.12. The molecule has 16 heteroatoms. The summed E-state index contributed by atoms with van der Waals surface area (Å²) < 4.78 is 29.6. The highest BCUT2D eigenvalue weighted by Crippen LogP contribution is 2.35. The quantitative estimate of drug-likeness (QED) is 0.0773. The zero-order valence-corrected chi connectivity index (χ0v) is 26.8. The van der Waals surface area contributed by atoms with Gasteiger partial charge in [-0.1, -0.05) is 5.92 Å². The van der Waals surface area contributed by atoms with Gasteiger partial charge in [0.25, 0.3) is 0 Å². The largest absolute Gasteiger partial charge is 0.378 e. The third-order valence-electron chi connectivity index (χ3n) is 7.47. The number of hydrogen-bond donors (Lipinski definition) is 3. The molecule has 246 valence electrons. The number of aromatic nitrogens is 4. The fourth-order valence-corrected chi connectivity index (χ4v) is 5.82. The maximum atomic E-state index is 9.22. The molecule has 2 fully saturated rings. The van der Waals surface area contributed by atoms with Crippen LogP contribution in [0.5, 0.6) is 0 Å². The molecule has 0 aliphatic carbocycles. The van der Waals surface area contributed by atoms with Crippen molar-refractivity contribution in [3.63, 3.8) is 0 Å². The highest BCUT2D eigenvalue weighted by atomic mass is 35.5. The maximum Gasteiger partial charge on any atom is 0.226 e. The molecule has 2 atom stereocenters. The van der Waals surface area contributed by atoms with Crippen molar-refractivity contribution in [2.24, 2.45) is 0 Å². The molecule has 0 spiro atoms. The first kappa shape index (κ1) is 35.1. The summed E-state index contributed by atoms with van der Waals surface area (Å²) >= 11 is 6.29. The maximum absolute atomic E-state index is 9.22. The molecule has 2 unspecified atom stereocenters. The third-order valence-corrected chi connectivity index (χ3v) is 8.30. The summed E-state index contributed by atoms with van der Waals surface area (Å²) in [7, 11) is -1.91. The number of rotatable bonds is 21. The lowest BCUT2D eigenvalue weighted by atomic mass is 10.2. The van der Waals surface area contributed by atoms with Crippen molar-refractivity contribution in [1.82, 2.24) is 29.5 Å². The molecule has 3 N–H and O–H groups in total. The van der Waals surface area contributed by atoms with Gasteiger partial charge in [-0.05, 0) is 30.9 Å². The van der Waals surface area contributed by atoms with Crippen LogP contribution in [0.2, 0.25) is 5.28 Å². The first-order valence-electron chi connectivity index (χ1n) is 15.2. The van der Waals surface area contributed by atoms with E-state index >= 15 is 0 Å². The molecule has 4 rings (SSSR count). The Hall–Kier alpha value is -1.73. The lowest BCUT2D eigenvalue weighted by Crippen LogP contribution is -2.48. The van der Waals surface area contributed by atoms with Crippen LogP contribution in [-0.2, 0) is 23.7 Å². The summed E-state index contributed by atoms with van der Waals surface area (Å²) in [5.41, 5.74) is 0.625. The Bertz CT molecular complexity index is 1150. The molecule has 0 radical (unpaired) electrons. The van der Waals surface area contributed by atoms with E-state index in [1.165, 1.54) is 0 Å². The number of ether oxygens (including phenoxy) is 5. The summed E-state index contributed by atoms with van der Waals surface area (Å²) in [6.45, 7) is 10.7. The number of nitrogens with one attached hydrogen (secondary N) is 1. The van der Waals surface area contributed by atoms with E-state index in [0.717, 1.165) is 57.5 Å². The molecule has 0 aromatic carbocycles. The number of anilines is 1. The van der Waals surface area contributed by atoms with Gasteiger partial charge in [0, 0.05) is 52.0 Å². The van der Waals surface area contributed by atoms with Crippen LogP contribution < -0.4 is 5.32 Å². The fourth-order valence-electron chi connectivity index (χ4n) is 5.14.